The number of carbonyl (C=O) groups is 2. The maximum atomic E-state index is 12.6. The lowest BCUT2D eigenvalue weighted by Crippen LogP contribution is -2.26. The molecular formula is C20H22N4O2. The Bertz CT molecular complexity index is 916. The van der Waals surface area contributed by atoms with Gasteiger partial charge in [0.25, 0.3) is 11.8 Å². The first-order valence-electron chi connectivity index (χ1n) is 8.68. The molecule has 2 heterocycles. The second kappa shape index (κ2) is 7.82. The van der Waals surface area contributed by atoms with E-state index in [1.165, 1.54) is 0 Å². The Morgan fingerprint density at radius 1 is 1.04 bits per heavy atom. The van der Waals surface area contributed by atoms with Gasteiger partial charge in [0.1, 0.15) is 0 Å². The molecule has 0 aliphatic rings. The van der Waals surface area contributed by atoms with Gasteiger partial charge in [-0.3, -0.25) is 14.0 Å². The van der Waals surface area contributed by atoms with E-state index >= 15 is 0 Å². The third-order valence-corrected chi connectivity index (χ3v) is 4.01. The highest BCUT2D eigenvalue weighted by Gasteiger charge is 2.21. The highest BCUT2D eigenvalue weighted by molar-refractivity contribution is 6.06. The average Bonchev–Trinajstić information content (AvgIpc) is 3.02. The van der Waals surface area contributed by atoms with Crippen LogP contribution in [0.1, 0.15) is 41.4 Å². The van der Waals surface area contributed by atoms with Crippen LogP contribution in [-0.2, 0) is 0 Å². The molecule has 6 heteroatoms. The molecule has 0 fully saturated rings. The Kier molecular flexibility index (Phi) is 5.31. The van der Waals surface area contributed by atoms with Crippen molar-refractivity contribution in [3.63, 3.8) is 0 Å². The average molecular weight is 350 g/mol. The maximum absolute atomic E-state index is 12.6. The number of fused-ring (bicyclic) bond motifs is 1. The number of carbonyl (C=O) groups excluding carboxylic acids is 2. The van der Waals surface area contributed by atoms with Crippen molar-refractivity contribution in [2.75, 3.05) is 11.9 Å². The number of hydrogen-bond acceptors (Lipinski definition) is 3. The molecule has 26 heavy (non-hydrogen) atoms. The molecule has 0 aliphatic heterocycles. The first-order chi connectivity index (χ1) is 12.6. The lowest BCUT2D eigenvalue weighted by molar-refractivity contribution is 0.0949. The van der Waals surface area contributed by atoms with E-state index in [0.29, 0.717) is 23.7 Å². The predicted molar refractivity (Wildman–Crippen MR) is 101 cm³/mol. The number of imidazole rings is 1. The number of benzene rings is 1. The first kappa shape index (κ1) is 17.7. The molecule has 0 atom stereocenters. The molecule has 1 aromatic carbocycles. The van der Waals surface area contributed by atoms with Gasteiger partial charge >= 0.3 is 0 Å². The Morgan fingerprint density at radius 2 is 1.77 bits per heavy atom. The minimum atomic E-state index is -0.362. The van der Waals surface area contributed by atoms with Gasteiger partial charge < -0.3 is 10.6 Å². The summed E-state index contributed by atoms with van der Waals surface area (Å²) >= 11 is 0. The minimum Gasteiger partial charge on any atom is -0.351 e. The van der Waals surface area contributed by atoms with E-state index in [-0.39, 0.29) is 23.3 Å². The van der Waals surface area contributed by atoms with Gasteiger partial charge in [-0.15, -0.1) is 0 Å². The van der Waals surface area contributed by atoms with Gasteiger partial charge in [0.05, 0.1) is 5.52 Å². The fourth-order valence-corrected chi connectivity index (χ4v) is 2.63. The van der Waals surface area contributed by atoms with Gasteiger partial charge in [-0.05, 0) is 36.6 Å². The zero-order valence-electron chi connectivity index (χ0n) is 14.9. The molecule has 0 radical (unpaired) electrons. The number of nitrogens with zero attached hydrogens (tertiary/aromatic N) is 2. The quantitative estimate of drug-likeness (QED) is 0.716. The van der Waals surface area contributed by atoms with Crippen molar-refractivity contribution in [3.8, 4) is 0 Å². The van der Waals surface area contributed by atoms with Crippen LogP contribution >= 0.6 is 0 Å². The Labute approximate surface area is 152 Å². The van der Waals surface area contributed by atoms with Crippen LogP contribution in [0.5, 0.6) is 0 Å². The Balaban J connectivity index is 1.87. The second-order valence-electron chi connectivity index (χ2n) is 6.50. The molecule has 134 valence electrons. The zero-order chi connectivity index (χ0) is 18.5. The van der Waals surface area contributed by atoms with Crippen LogP contribution in [0.2, 0.25) is 0 Å². The predicted octanol–water partition coefficient (Wildman–Crippen LogP) is 3.36. The number of aromatic nitrogens is 2. The summed E-state index contributed by atoms with van der Waals surface area (Å²) in [6.07, 6.45) is 2.62. The van der Waals surface area contributed by atoms with Crippen LogP contribution in [0.3, 0.4) is 0 Å². The Morgan fingerprint density at radius 3 is 2.50 bits per heavy atom. The fraction of sp³-hybridized carbons (Fsp3) is 0.250. The van der Waals surface area contributed by atoms with Crippen LogP contribution in [0.15, 0.2) is 54.7 Å². The van der Waals surface area contributed by atoms with Crippen molar-refractivity contribution in [2.45, 2.75) is 20.3 Å². The first-order valence-corrected chi connectivity index (χ1v) is 8.68. The second-order valence-corrected chi connectivity index (χ2v) is 6.50. The van der Waals surface area contributed by atoms with Crippen molar-refractivity contribution in [1.82, 2.24) is 14.7 Å². The summed E-state index contributed by atoms with van der Waals surface area (Å²) < 4.78 is 1.63. The molecule has 2 N–H and O–H groups in total. The third-order valence-electron chi connectivity index (χ3n) is 4.01. The van der Waals surface area contributed by atoms with Gasteiger partial charge in [-0.2, -0.15) is 0 Å². The summed E-state index contributed by atoms with van der Waals surface area (Å²) in [5.74, 6) is 0.0476. The van der Waals surface area contributed by atoms with Gasteiger partial charge in [0.2, 0.25) is 5.82 Å². The van der Waals surface area contributed by atoms with E-state index in [9.17, 15) is 9.59 Å². The highest BCUT2D eigenvalue weighted by Crippen LogP contribution is 2.15. The molecule has 0 saturated heterocycles. The number of hydrogen-bond donors (Lipinski definition) is 2. The Hall–Kier alpha value is -3.15. The molecule has 0 saturated carbocycles. The monoisotopic (exact) mass is 350 g/mol. The minimum absolute atomic E-state index is 0.179. The fourth-order valence-electron chi connectivity index (χ4n) is 2.63. The zero-order valence-corrected chi connectivity index (χ0v) is 14.9. The molecule has 3 rings (SSSR count). The van der Waals surface area contributed by atoms with E-state index in [2.05, 4.69) is 29.5 Å². The summed E-state index contributed by atoms with van der Waals surface area (Å²) in [7, 11) is 0. The number of amides is 2. The van der Waals surface area contributed by atoms with Crippen molar-refractivity contribution < 1.29 is 9.59 Å². The topological polar surface area (TPSA) is 75.5 Å². The number of rotatable bonds is 6. The van der Waals surface area contributed by atoms with Crippen LogP contribution < -0.4 is 10.6 Å². The van der Waals surface area contributed by atoms with Crippen LogP contribution in [-0.4, -0.2) is 27.7 Å². The largest absolute Gasteiger partial charge is 0.351 e. The molecule has 0 spiro atoms. The summed E-state index contributed by atoms with van der Waals surface area (Å²) in [5, 5.41) is 5.68. The van der Waals surface area contributed by atoms with E-state index in [1.807, 2.05) is 24.3 Å². The highest BCUT2D eigenvalue weighted by atomic mass is 16.2. The lowest BCUT2D eigenvalue weighted by Gasteiger charge is -2.05. The molecule has 0 bridgehead atoms. The maximum Gasteiger partial charge on any atom is 0.292 e. The van der Waals surface area contributed by atoms with Gasteiger partial charge in [0.15, 0.2) is 5.69 Å². The van der Waals surface area contributed by atoms with Crippen molar-refractivity contribution >= 4 is 23.0 Å². The van der Waals surface area contributed by atoms with E-state index < -0.39 is 0 Å². The van der Waals surface area contributed by atoms with Crippen LogP contribution in [0, 0.1) is 5.92 Å². The summed E-state index contributed by atoms with van der Waals surface area (Å²) in [4.78, 5) is 29.5. The van der Waals surface area contributed by atoms with Crippen molar-refractivity contribution in [1.29, 1.82) is 0 Å². The SMILES string of the molecule is CC(C)CCNC(=O)c1nc(C(=O)Nc2ccccc2)n2ccccc12. The van der Waals surface area contributed by atoms with E-state index in [1.54, 1.807) is 34.9 Å². The number of anilines is 1. The smallest absolute Gasteiger partial charge is 0.292 e. The van der Waals surface area contributed by atoms with Crippen molar-refractivity contribution in [3.05, 3.63) is 66.2 Å². The molecule has 2 amide bonds. The summed E-state index contributed by atoms with van der Waals surface area (Å²) in [6.45, 7) is 4.78. The lowest BCUT2D eigenvalue weighted by atomic mass is 10.1. The van der Waals surface area contributed by atoms with Crippen LogP contribution in [0.25, 0.3) is 5.52 Å². The molecule has 3 aromatic rings. The normalized spacial score (nSPS) is 10.9. The molecule has 0 aliphatic carbocycles. The molecule has 2 aromatic heterocycles. The van der Waals surface area contributed by atoms with Gasteiger partial charge in [0, 0.05) is 18.4 Å². The van der Waals surface area contributed by atoms with E-state index in [0.717, 1.165) is 6.42 Å². The summed E-state index contributed by atoms with van der Waals surface area (Å²) in [5.41, 5.74) is 1.54. The molecular weight excluding hydrogens is 328 g/mol. The number of para-hydroxylation sites is 1. The van der Waals surface area contributed by atoms with Gasteiger partial charge in [-0.1, -0.05) is 38.1 Å². The van der Waals surface area contributed by atoms with E-state index in [4.69, 9.17) is 0 Å². The number of pyridine rings is 1. The van der Waals surface area contributed by atoms with Crippen LogP contribution in [0.4, 0.5) is 5.69 Å². The van der Waals surface area contributed by atoms with Gasteiger partial charge in [-0.25, -0.2) is 4.98 Å². The summed E-state index contributed by atoms with van der Waals surface area (Å²) in [6, 6.07) is 14.6. The van der Waals surface area contributed by atoms with Crippen molar-refractivity contribution in [2.24, 2.45) is 5.92 Å². The third kappa shape index (κ3) is 3.91. The molecule has 6 nitrogen and oxygen atoms in total. The number of nitrogens with one attached hydrogen (secondary N) is 2. The molecule has 0 unspecified atom stereocenters. The standard InChI is InChI=1S/C20H22N4O2/c1-14(2)11-12-21-19(25)17-16-10-6-7-13-24(16)18(23-17)20(26)22-15-8-4-3-5-9-15/h3-10,13-14H,11-12H2,1-2H3,(H,21,25)(H,22,26).